The second-order valence-corrected chi connectivity index (χ2v) is 3.58. The van der Waals surface area contributed by atoms with Crippen LogP contribution in [-0.4, -0.2) is 5.78 Å². The standard InChI is InChI=1S/C13H9F2NO/c14-11-5-4-9(7-12(11)15)13(17)8-2-1-3-10(16)6-8/h1-7H,16H2. The van der Waals surface area contributed by atoms with Gasteiger partial charge in [0.15, 0.2) is 17.4 Å². The second kappa shape index (κ2) is 4.33. The van der Waals surface area contributed by atoms with Gasteiger partial charge in [-0.2, -0.15) is 0 Å². The highest BCUT2D eigenvalue weighted by molar-refractivity contribution is 6.09. The molecular weight excluding hydrogens is 224 g/mol. The molecule has 0 saturated heterocycles. The van der Waals surface area contributed by atoms with Crippen molar-refractivity contribution in [3.8, 4) is 0 Å². The van der Waals surface area contributed by atoms with Crippen molar-refractivity contribution in [1.82, 2.24) is 0 Å². The van der Waals surface area contributed by atoms with E-state index in [-0.39, 0.29) is 5.56 Å². The molecule has 2 aromatic rings. The summed E-state index contributed by atoms with van der Waals surface area (Å²) >= 11 is 0. The van der Waals surface area contributed by atoms with Crippen molar-refractivity contribution < 1.29 is 13.6 Å². The smallest absolute Gasteiger partial charge is 0.193 e. The Morgan fingerprint density at radius 1 is 0.941 bits per heavy atom. The molecule has 4 heteroatoms. The van der Waals surface area contributed by atoms with Gasteiger partial charge in [-0.15, -0.1) is 0 Å². The van der Waals surface area contributed by atoms with E-state index in [2.05, 4.69) is 0 Å². The number of halogens is 2. The molecule has 0 fully saturated rings. The van der Waals surface area contributed by atoms with Gasteiger partial charge in [-0.1, -0.05) is 12.1 Å². The van der Waals surface area contributed by atoms with E-state index in [4.69, 9.17) is 5.73 Å². The predicted octanol–water partition coefficient (Wildman–Crippen LogP) is 2.78. The molecule has 2 rings (SSSR count). The number of rotatable bonds is 2. The van der Waals surface area contributed by atoms with Gasteiger partial charge in [-0.25, -0.2) is 8.78 Å². The summed E-state index contributed by atoms with van der Waals surface area (Å²) < 4.78 is 25.7. The average Bonchev–Trinajstić information content (AvgIpc) is 2.32. The van der Waals surface area contributed by atoms with Crippen LogP contribution in [0.1, 0.15) is 15.9 Å². The predicted molar refractivity (Wildman–Crippen MR) is 60.6 cm³/mol. The van der Waals surface area contributed by atoms with E-state index in [0.717, 1.165) is 12.1 Å². The Morgan fingerprint density at radius 2 is 1.65 bits per heavy atom. The molecule has 0 heterocycles. The largest absolute Gasteiger partial charge is 0.399 e. The summed E-state index contributed by atoms with van der Waals surface area (Å²) in [7, 11) is 0. The molecule has 2 aromatic carbocycles. The highest BCUT2D eigenvalue weighted by atomic mass is 19.2. The third-order valence-electron chi connectivity index (χ3n) is 2.33. The van der Waals surface area contributed by atoms with Gasteiger partial charge in [0.1, 0.15) is 0 Å². The first-order valence-electron chi connectivity index (χ1n) is 4.93. The Kier molecular flexibility index (Phi) is 2.87. The number of ketones is 1. The van der Waals surface area contributed by atoms with Crippen LogP contribution in [0, 0.1) is 11.6 Å². The summed E-state index contributed by atoms with van der Waals surface area (Å²) in [5.74, 6) is -2.41. The number of carbonyl (C=O) groups is 1. The van der Waals surface area contributed by atoms with E-state index in [1.54, 1.807) is 18.2 Å². The molecule has 0 aliphatic rings. The van der Waals surface area contributed by atoms with Crippen LogP contribution in [-0.2, 0) is 0 Å². The van der Waals surface area contributed by atoms with Gasteiger partial charge in [-0.3, -0.25) is 4.79 Å². The summed E-state index contributed by atoms with van der Waals surface area (Å²) in [6.07, 6.45) is 0. The van der Waals surface area contributed by atoms with Gasteiger partial charge >= 0.3 is 0 Å². The van der Waals surface area contributed by atoms with E-state index in [9.17, 15) is 13.6 Å². The number of nitrogens with two attached hydrogens (primary N) is 1. The summed E-state index contributed by atoms with van der Waals surface area (Å²) in [5, 5.41) is 0. The molecule has 86 valence electrons. The fourth-order valence-corrected chi connectivity index (χ4v) is 1.48. The fourth-order valence-electron chi connectivity index (χ4n) is 1.48. The highest BCUT2D eigenvalue weighted by Crippen LogP contribution is 2.15. The zero-order valence-corrected chi connectivity index (χ0v) is 8.78. The van der Waals surface area contributed by atoms with Crippen LogP contribution in [0.3, 0.4) is 0 Å². The number of benzene rings is 2. The van der Waals surface area contributed by atoms with Gasteiger partial charge in [-0.05, 0) is 30.3 Å². The Labute approximate surface area is 96.7 Å². The molecule has 0 atom stereocenters. The molecule has 2 nitrogen and oxygen atoms in total. The summed E-state index contributed by atoms with van der Waals surface area (Å²) in [6.45, 7) is 0. The SMILES string of the molecule is Nc1cccc(C(=O)c2ccc(F)c(F)c2)c1. The number of hydrogen-bond acceptors (Lipinski definition) is 2. The zero-order chi connectivity index (χ0) is 12.4. The Morgan fingerprint density at radius 3 is 2.29 bits per heavy atom. The summed E-state index contributed by atoms with van der Waals surface area (Å²) in [4.78, 5) is 11.9. The maximum Gasteiger partial charge on any atom is 0.193 e. The van der Waals surface area contributed by atoms with Crippen molar-refractivity contribution in [1.29, 1.82) is 0 Å². The first-order chi connectivity index (χ1) is 8.08. The average molecular weight is 233 g/mol. The van der Waals surface area contributed by atoms with Gasteiger partial charge in [0.25, 0.3) is 0 Å². The van der Waals surface area contributed by atoms with Crippen LogP contribution in [0.5, 0.6) is 0 Å². The van der Waals surface area contributed by atoms with E-state index >= 15 is 0 Å². The molecule has 17 heavy (non-hydrogen) atoms. The molecule has 0 saturated carbocycles. The summed E-state index contributed by atoms with van der Waals surface area (Å²) in [5.41, 5.74) is 6.42. The zero-order valence-electron chi connectivity index (χ0n) is 8.78. The van der Waals surface area contributed by atoms with Crippen molar-refractivity contribution >= 4 is 11.5 Å². The molecule has 0 bridgehead atoms. The first kappa shape index (κ1) is 11.3. The number of nitrogen functional groups attached to an aromatic ring is 1. The van der Waals surface area contributed by atoms with Crippen LogP contribution < -0.4 is 5.73 Å². The molecule has 0 aliphatic heterocycles. The van der Waals surface area contributed by atoms with Crippen molar-refractivity contribution in [2.45, 2.75) is 0 Å². The molecule has 0 spiro atoms. The number of anilines is 1. The van der Waals surface area contributed by atoms with E-state index < -0.39 is 17.4 Å². The molecule has 0 aromatic heterocycles. The molecule has 0 radical (unpaired) electrons. The maximum absolute atomic E-state index is 13.0. The molecular formula is C13H9F2NO. The van der Waals surface area contributed by atoms with E-state index in [1.807, 2.05) is 0 Å². The molecule has 0 aliphatic carbocycles. The van der Waals surface area contributed by atoms with Crippen LogP contribution >= 0.6 is 0 Å². The van der Waals surface area contributed by atoms with Crippen LogP contribution in [0.25, 0.3) is 0 Å². The van der Waals surface area contributed by atoms with Crippen LogP contribution in [0.4, 0.5) is 14.5 Å². The normalized spacial score (nSPS) is 10.2. The molecule has 2 N–H and O–H groups in total. The minimum absolute atomic E-state index is 0.0921. The fraction of sp³-hybridized carbons (Fsp3) is 0. The lowest BCUT2D eigenvalue weighted by atomic mass is 10.0. The van der Waals surface area contributed by atoms with Gasteiger partial charge < -0.3 is 5.73 Å². The lowest BCUT2D eigenvalue weighted by Crippen LogP contribution is -2.03. The minimum Gasteiger partial charge on any atom is -0.399 e. The second-order valence-electron chi connectivity index (χ2n) is 3.58. The quantitative estimate of drug-likeness (QED) is 0.640. The Bertz CT molecular complexity index is 581. The van der Waals surface area contributed by atoms with E-state index in [0.29, 0.717) is 11.3 Å². The number of hydrogen-bond donors (Lipinski definition) is 1. The van der Waals surface area contributed by atoms with Crippen LogP contribution in [0.2, 0.25) is 0 Å². The van der Waals surface area contributed by atoms with Gasteiger partial charge in [0.05, 0.1) is 0 Å². The third-order valence-corrected chi connectivity index (χ3v) is 2.33. The molecule has 0 amide bonds. The number of carbonyl (C=O) groups excluding carboxylic acids is 1. The summed E-state index contributed by atoms with van der Waals surface area (Å²) in [6, 6.07) is 9.37. The third kappa shape index (κ3) is 2.30. The van der Waals surface area contributed by atoms with Crippen LogP contribution in [0.15, 0.2) is 42.5 Å². The maximum atomic E-state index is 13.0. The minimum atomic E-state index is -1.04. The van der Waals surface area contributed by atoms with Gasteiger partial charge in [0.2, 0.25) is 0 Å². The first-order valence-corrected chi connectivity index (χ1v) is 4.93. The Hall–Kier alpha value is -2.23. The van der Waals surface area contributed by atoms with Crippen molar-refractivity contribution in [2.24, 2.45) is 0 Å². The lowest BCUT2D eigenvalue weighted by molar-refractivity contribution is 0.103. The van der Waals surface area contributed by atoms with Crippen molar-refractivity contribution in [3.63, 3.8) is 0 Å². The highest BCUT2D eigenvalue weighted by Gasteiger charge is 2.11. The van der Waals surface area contributed by atoms with Crippen molar-refractivity contribution in [2.75, 3.05) is 5.73 Å². The lowest BCUT2D eigenvalue weighted by Gasteiger charge is -2.02. The topological polar surface area (TPSA) is 43.1 Å². The Balaban J connectivity index is 2.40. The van der Waals surface area contributed by atoms with Gasteiger partial charge in [0, 0.05) is 16.8 Å². The van der Waals surface area contributed by atoms with Crippen molar-refractivity contribution in [3.05, 3.63) is 65.2 Å². The van der Waals surface area contributed by atoms with E-state index in [1.165, 1.54) is 12.1 Å². The molecule has 0 unspecified atom stereocenters. The monoisotopic (exact) mass is 233 g/mol.